The van der Waals surface area contributed by atoms with Crippen molar-refractivity contribution in [1.29, 1.82) is 0 Å². The molecule has 352 valence electrons. The zero-order valence-corrected chi connectivity index (χ0v) is 38.7. The Morgan fingerprint density at radius 2 is 1.38 bits per heavy atom. The van der Waals surface area contributed by atoms with E-state index >= 15 is 4.79 Å². The molecule has 3 aromatic carbocycles. The van der Waals surface area contributed by atoms with Crippen molar-refractivity contribution in [3.05, 3.63) is 119 Å². The SMILES string of the molecule is CC(=O)O[C@@]12CO[C@@H]1C[C@H](O)[C@@]1(C)C(=O)[C@H](OC(=O)c3ccccc3)C3=C(C)[C@@H](OC(=O)[C@H](C)[C@@H](NC(=O)OC(C)(C)C)c4ccccc4)C[C@@](O)(C(OC(=O)c4ccccc4)C12)C3(C)C. The average Bonchev–Trinajstić information content (AvgIpc) is 3.26. The lowest BCUT2D eigenvalue weighted by Gasteiger charge is -2.67. The van der Waals surface area contributed by atoms with Gasteiger partial charge in [-0.3, -0.25) is 14.4 Å². The molecule has 1 amide bonds. The lowest BCUT2D eigenvalue weighted by molar-refractivity contribution is -0.345. The van der Waals surface area contributed by atoms with Crippen molar-refractivity contribution in [1.82, 2.24) is 5.32 Å². The fourth-order valence-corrected chi connectivity index (χ4v) is 10.6. The van der Waals surface area contributed by atoms with Crippen LogP contribution in [-0.4, -0.2) is 99.9 Å². The third-order valence-electron chi connectivity index (χ3n) is 14.1. The molecule has 7 rings (SSSR count). The predicted molar refractivity (Wildman–Crippen MR) is 236 cm³/mol. The monoisotopic (exact) mass is 909 g/mol. The van der Waals surface area contributed by atoms with E-state index in [-0.39, 0.29) is 35.3 Å². The van der Waals surface area contributed by atoms with E-state index in [0.29, 0.717) is 5.56 Å². The maximum Gasteiger partial charge on any atom is 0.408 e. The molecule has 4 aliphatic rings. The molecule has 3 aromatic rings. The molecule has 1 saturated heterocycles. The number of fused-ring (bicyclic) bond motifs is 5. The summed E-state index contributed by atoms with van der Waals surface area (Å²) in [6.07, 6.45) is -9.07. The predicted octanol–water partition coefficient (Wildman–Crippen LogP) is 6.40. The number of carbonyl (C=O) groups is 6. The fraction of sp³-hybridized carbons (Fsp3) is 0.490. The Labute approximate surface area is 384 Å². The highest BCUT2D eigenvalue weighted by Crippen LogP contribution is 2.64. The van der Waals surface area contributed by atoms with Crippen LogP contribution in [0.5, 0.6) is 0 Å². The second-order valence-electron chi connectivity index (χ2n) is 19.7. The second-order valence-corrected chi connectivity index (χ2v) is 19.7. The van der Waals surface area contributed by atoms with Gasteiger partial charge >= 0.3 is 30.0 Å². The van der Waals surface area contributed by atoms with E-state index in [9.17, 15) is 34.2 Å². The number of Topliss-reactive ketones (excluding diaryl/α,β-unsaturated/α-hetero) is 1. The first kappa shape index (κ1) is 48.0. The molecule has 0 aromatic heterocycles. The Morgan fingerprint density at radius 1 is 0.833 bits per heavy atom. The van der Waals surface area contributed by atoms with Crippen LogP contribution in [0.25, 0.3) is 0 Å². The van der Waals surface area contributed by atoms with E-state index in [1.54, 1.807) is 115 Å². The zero-order valence-electron chi connectivity index (χ0n) is 38.7. The average molecular weight is 910 g/mol. The lowest BCUT2D eigenvalue weighted by atomic mass is 9.44. The van der Waals surface area contributed by atoms with Crippen LogP contribution in [0, 0.1) is 22.7 Å². The summed E-state index contributed by atoms with van der Waals surface area (Å²) >= 11 is 0. The summed E-state index contributed by atoms with van der Waals surface area (Å²) in [7, 11) is 0. The number of ether oxygens (including phenoxy) is 6. The summed E-state index contributed by atoms with van der Waals surface area (Å²) in [6, 6.07) is 23.7. The molecule has 0 radical (unpaired) electrons. The highest BCUT2D eigenvalue weighted by molar-refractivity contribution is 5.98. The number of carbonyl (C=O) groups excluding carboxylic acids is 6. The first-order valence-corrected chi connectivity index (χ1v) is 22.2. The molecule has 15 nitrogen and oxygen atoms in total. The van der Waals surface area contributed by atoms with Gasteiger partial charge in [0, 0.05) is 25.2 Å². The Morgan fingerprint density at radius 3 is 1.89 bits per heavy atom. The van der Waals surface area contributed by atoms with Gasteiger partial charge < -0.3 is 44.0 Å². The largest absolute Gasteiger partial charge is 0.457 e. The van der Waals surface area contributed by atoms with Crippen LogP contribution in [0.2, 0.25) is 0 Å². The number of benzene rings is 3. The van der Waals surface area contributed by atoms with Gasteiger partial charge in [0.15, 0.2) is 17.5 Å². The number of amides is 1. The minimum Gasteiger partial charge on any atom is -0.457 e. The summed E-state index contributed by atoms with van der Waals surface area (Å²) in [4.78, 5) is 85.6. The van der Waals surface area contributed by atoms with Crippen molar-refractivity contribution >= 4 is 35.8 Å². The Kier molecular flexibility index (Phi) is 12.9. The molecule has 66 heavy (non-hydrogen) atoms. The molecule has 3 N–H and O–H groups in total. The number of alkyl carbamates (subject to hydrolysis) is 1. The standard InChI is InChI=1S/C51H59NO14/c1-28-34(62-43(56)29(2)38(31-19-13-10-14-20-31)52-46(59)66-47(4,5)6)26-51(60)42(64-45(58)33-23-17-12-18-24-33)40-49(9,35(54)25-36-50(40,27-61-36)65-30(3)53)41(55)39(37(28)48(51,7)8)63-44(57)32-21-15-11-16-22-32/h10-24,29,34-36,38-40,42,54,60H,25-27H2,1-9H3,(H,52,59)/t29-,34+,35+,36-,38-,39-,40?,42?,49-,50+,51-/m1/s1. The number of nitrogens with one attached hydrogen (secondary N) is 1. The number of hydrogen-bond donors (Lipinski definition) is 3. The molecule has 11 atom stereocenters. The highest BCUT2D eigenvalue weighted by Gasteiger charge is 2.78. The van der Waals surface area contributed by atoms with E-state index < -0.39 is 118 Å². The highest BCUT2D eigenvalue weighted by atomic mass is 16.6. The topological polar surface area (TPSA) is 210 Å². The molecule has 2 unspecified atom stereocenters. The Bertz CT molecular complexity index is 2400. The van der Waals surface area contributed by atoms with Gasteiger partial charge in [-0.05, 0) is 82.5 Å². The fourth-order valence-electron chi connectivity index (χ4n) is 10.6. The normalized spacial score (nSPS) is 30.9. The summed E-state index contributed by atoms with van der Waals surface area (Å²) in [5, 5.41) is 29.0. The molecular weight excluding hydrogens is 851 g/mol. The first-order valence-electron chi connectivity index (χ1n) is 22.2. The van der Waals surface area contributed by atoms with E-state index in [2.05, 4.69) is 5.32 Å². The van der Waals surface area contributed by atoms with Gasteiger partial charge in [0.1, 0.15) is 29.5 Å². The van der Waals surface area contributed by atoms with Crippen LogP contribution >= 0.6 is 0 Å². The summed E-state index contributed by atoms with van der Waals surface area (Å²) in [5.74, 6) is -6.88. The van der Waals surface area contributed by atoms with Crippen molar-refractivity contribution in [3.63, 3.8) is 0 Å². The maximum atomic E-state index is 15.9. The quantitative estimate of drug-likeness (QED) is 0.114. The van der Waals surface area contributed by atoms with Crippen molar-refractivity contribution in [2.45, 2.75) is 129 Å². The molecule has 2 saturated carbocycles. The van der Waals surface area contributed by atoms with Crippen LogP contribution in [0.3, 0.4) is 0 Å². The molecule has 0 spiro atoms. The number of esters is 4. The molecule has 1 aliphatic heterocycles. The van der Waals surface area contributed by atoms with Crippen molar-refractivity contribution < 1.29 is 67.4 Å². The molecule has 3 fully saturated rings. The van der Waals surface area contributed by atoms with Crippen LogP contribution in [0.4, 0.5) is 4.79 Å². The van der Waals surface area contributed by atoms with Crippen molar-refractivity contribution in [2.24, 2.45) is 22.7 Å². The summed E-state index contributed by atoms with van der Waals surface area (Å²) in [5.41, 5.74) is -7.67. The smallest absolute Gasteiger partial charge is 0.408 e. The molecule has 1 heterocycles. The third kappa shape index (κ3) is 8.41. The van der Waals surface area contributed by atoms with Gasteiger partial charge in [0.2, 0.25) is 0 Å². The number of rotatable bonds is 10. The minimum absolute atomic E-state index is 0.0450. The van der Waals surface area contributed by atoms with Crippen molar-refractivity contribution in [2.75, 3.05) is 6.61 Å². The Hall–Kier alpha value is -5.90. The first-order chi connectivity index (χ1) is 31.0. The lowest BCUT2D eigenvalue weighted by Crippen LogP contribution is -2.82. The second kappa shape index (κ2) is 17.7. The van der Waals surface area contributed by atoms with Gasteiger partial charge in [-0.25, -0.2) is 14.4 Å². The zero-order chi connectivity index (χ0) is 48.1. The van der Waals surface area contributed by atoms with Crippen LogP contribution < -0.4 is 5.32 Å². The van der Waals surface area contributed by atoms with Gasteiger partial charge in [-0.1, -0.05) is 80.6 Å². The van der Waals surface area contributed by atoms with E-state index in [1.165, 1.54) is 38.1 Å². The number of ketones is 1. The van der Waals surface area contributed by atoms with Crippen LogP contribution in [-0.2, 0) is 42.8 Å². The van der Waals surface area contributed by atoms with E-state index in [1.807, 2.05) is 0 Å². The summed E-state index contributed by atoms with van der Waals surface area (Å²) < 4.78 is 36.8. The molecule has 2 bridgehead atoms. The van der Waals surface area contributed by atoms with Crippen LogP contribution in [0.15, 0.2) is 102 Å². The minimum atomic E-state index is -2.36. The maximum absolute atomic E-state index is 15.9. The van der Waals surface area contributed by atoms with Crippen molar-refractivity contribution in [3.8, 4) is 0 Å². The molecular formula is C51H59NO14. The van der Waals surface area contributed by atoms with Gasteiger partial charge in [0.05, 0.1) is 47.1 Å². The number of aliphatic hydroxyl groups excluding tert-OH is 1. The van der Waals surface area contributed by atoms with Gasteiger partial charge in [-0.2, -0.15) is 0 Å². The number of hydrogen-bond acceptors (Lipinski definition) is 14. The van der Waals surface area contributed by atoms with Gasteiger partial charge in [-0.15, -0.1) is 0 Å². The number of aliphatic hydroxyl groups is 2. The molecule has 15 heteroatoms. The third-order valence-corrected chi connectivity index (χ3v) is 14.1. The Balaban J connectivity index is 1.42. The van der Waals surface area contributed by atoms with Crippen LogP contribution in [0.1, 0.15) is 107 Å². The molecule has 3 aliphatic carbocycles. The van der Waals surface area contributed by atoms with E-state index in [0.717, 1.165) is 0 Å². The van der Waals surface area contributed by atoms with Gasteiger partial charge in [0.25, 0.3) is 0 Å². The van der Waals surface area contributed by atoms with E-state index in [4.69, 9.17) is 28.4 Å². The summed E-state index contributed by atoms with van der Waals surface area (Å²) in [6.45, 7) is 13.8.